The second-order valence-corrected chi connectivity index (χ2v) is 5.40. The third-order valence-electron chi connectivity index (χ3n) is 3.20. The number of rotatable bonds is 4. The normalized spacial score (nSPS) is 10.8. The van der Waals surface area contributed by atoms with Crippen LogP contribution in [0.2, 0.25) is 0 Å². The van der Waals surface area contributed by atoms with Crippen molar-refractivity contribution in [2.24, 2.45) is 0 Å². The lowest BCUT2D eigenvalue weighted by atomic mass is 10.1. The summed E-state index contributed by atoms with van der Waals surface area (Å²) >= 11 is 1.79. The van der Waals surface area contributed by atoms with E-state index in [0.717, 1.165) is 22.4 Å². The molecule has 2 aromatic carbocycles. The van der Waals surface area contributed by atoms with Gasteiger partial charge in [0, 0.05) is 11.3 Å². The van der Waals surface area contributed by atoms with E-state index in [1.54, 1.807) is 11.8 Å². The molecule has 3 rings (SSSR count). The first-order valence-electron chi connectivity index (χ1n) is 6.42. The van der Waals surface area contributed by atoms with Crippen LogP contribution in [0, 0.1) is 0 Å². The average molecular weight is 281 g/mol. The molecule has 0 amide bonds. The Morgan fingerprint density at radius 2 is 2.10 bits per heavy atom. The Morgan fingerprint density at radius 1 is 1.25 bits per heavy atom. The molecule has 100 valence electrons. The van der Waals surface area contributed by atoms with Crippen LogP contribution in [0.15, 0.2) is 53.5 Å². The molecular weight excluding hydrogens is 266 g/mol. The smallest absolute Gasteiger partial charge is 0.227 e. The molecule has 20 heavy (non-hydrogen) atoms. The Bertz CT molecular complexity index is 728. The monoisotopic (exact) mass is 281 g/mol. The maximum Gasteiger partial charge on any atom is 0.227 e. The van der Waals surface area contributed by atoms with E-state index in [1.807, 2.05) is 36.4 Å². The summed E-state index contributed by atoms with van der Waals surface area (Å²) in [5, 5.41) is 0. The molecule has 0 bridgehead atoms. The minimum absolute atomic E-state index is 0.671. The predicted octanol–water partition coefficient (Wildman–Crippen LogP) is 5.00. The SMILES string of the molecule is C=Cc1ccc(-c2nc3ccccc3o2)cc1CSC. The van der Waals surface area contributed by atoms with E-state index in [-0.39, 0.29) is 0 Å². The predicted molar refractivity (Wildman–Crippen MR) is 86.8 cm³/mol. The van der Waals surface area contributed by atoms with Gasteiger partial charge in [-0.05, 0) is 41.6 Å². The van der Waals surface area contributed by atoms with Gasteiger partial charge in [-0.2, -0.15) is 11.8 Å². The van der Waals surface area contributed by atoms with Crippen molar-refractivity contribution in [1.82, 2.24) is 4.98 Å². The van der Waals surface area contributed by atoms with Crippen molar-refractivity contribution >= 4 is 28.9 Å². The number of benzene rings is 2. The molecule has 3 heteroatoms. The lowest BCUT2D eigenvalue weighted by molar-refractivity contribution is 0.620. The van der Waals surface area contributed by atoms with Crippen molar-refractivity contribution in [3.05, 3.63) is 60.2 Å². The number of para-hydroxylation sites is 2. The van der Waals surface area contributed by atoms with Gasteiger partial charge in [-0.3, -0.25) is 0 Å². The van der Waals surface area contributed by atoms with Gasteiger partial charge in [0.1, 0.15) is 5.52 Å². The summed E-state index contributed by atoms with van der Waals surface area (Å²) in [6, 6.07) is 14.1. The zero-order valence-corrected chi connectivity index (χ0v) is 12.1. The maximum atomic E-state index is 5.82. The van der Waals surface area contributed by atoms with Gasteiger partial charge in [-0.25, -0.2) is 4.98 Å². The van der Waals surface area contributed by atoms with Crippen LogP contribution < -0.4 is 0 Å². The lowest BCUT2D eigenvalue weighted by Crippen LogP contribution is -1.88. The molecule has 0 saturated heterocycles. The van der Waals surface area contributed by atoms with Crippen molar-refractivity contribution in [3.8, 4) is 11.5 Å². The third kappa shape index (κ3) is 2.37. The van der Waals surface area contributed by atoms with Gasteiger partial charge in [0.25, 0.3) is 0 Å². The van der Waals surface area contributed by atoms with Crippen LogP contribution in [0.4, 0.5) is 0 Å². The van der Waals surface area contributed by atoms with Gasteiger partial charge < -0.3 is 4.42 Å². The molecule has 2 nitrogen and oxygen atoms in total. The Balaban J connectivity index is 2.09. The fourth-order valence-corrected chi connectivity index (χ4v) is 2.78. The van der Waals surface area contributed by atoms with Gasteiger partial charge in [0.2, 0.25) is 5.89 Å². The summed E-state index contributed by atoms with van der Waals surface area (Å²) in [6.45, 7) is 3.86. The molecule has 0 N–H and O–H groups in total. The topological polar surface area (TPSA) is 26.0 Å². The first-order chi connectivity index (χ1) is 9.81. The molecule has 3 aromatic rings. The van der Waals surface area contributed by atoms with Crippen LogP contribution in [-0.4, -0.2) is 11.2 Å². The first kappa shape index (κ1) is 13.0. The molecule has 0 saturated carbocycles. The summed E-state index contributed by atoms with van der Waals surface area (Å²) in [6.07, 6.45) is 3.99. The van der Waals surface area contributed by atoms with Crippen molar-refractivity contribution in [1.29, 1.82) is 0 Å². The fourth-order valence-electron chi connectivity index (χ4n) is 2.21. The van der Waals surface area contributed by atoms with Gasteiger partial charge in [0.15, 0.2) is 5.58 Å². The number of thioether (sulfide) groups is 1. The maximum absolute atomic E-state index is 5.82. The van der Waals surface area contributed by atoms with E-state index < -0.39 is 0 Å². The zero-order chi connectivity index (χ0) is 13.9. The van der Waals surface area contributed by atoms with Crippen molar-refractivity contribution in [3.63, 3.8) is 0 Å². The van der Waals surface area contributed by atoms with E-state index in [2.05, 4.69) is 30.0 Å². The first-order valence-corrected chi connectivity index (χ1v) is 7.81. The second kappa shape index (κ2) is 5.55. The Labute approximate surface area is 122 Å². The quantitative estimate of drug-likeness (QED) is 0.673. The van der Waals surface area contributed by atoms with E-state index in [4.69, 9.17) is 4.42 Å². The number of nitrogens with zero attached hydrogens (tertiary/aromatic N) is 1. The zero-order valence-electron chi connectivity index (χ0n) is 11.3. The third-order valence-corrected chi connectivity index (χ3v) is 3.80. The average Bonchev–Trinajstić information content (AvgIpc) is 2.91. The molecule has 0 spiro atoms. The number of hydrogen-bond acceptors (Lipinski definition) is 3. The minimum atomic E-state index is 0.671. The number of aromatic nitrogens is 1. The van der Waals surface area contributed by atoms with Crippen LogP contribution in [-0.2, 0) is 5.75 Å². The Hall–Kier alpha value is -2.00. The van der Waals surface area contributed by atoms with Gasteiger partial charge in [-0.1, -0.05) is 30.9 Å². The van der Waals surface area contributed by atoms with Crippen LogP contribution in [0.25, 0.3) is 28.6 Å². The summed E-state index contributed by atoms with van der Waals surface area (Å²) in [5.41, 5.74) is 5.14. The van der Waals surface area contributed by atoms with Crippen molar-refractivity contribution in [2.75, 3.05) is 6.26 Å². The summed E-state index contributed by atoms with van der Waals surface area (Å²) in [5.74, 6) is 1.62. The van der Waals surface area contributed by atoms with Gasteiger partial charge in [0.05, 0.1) is 0 Å². The van der Waals surface area contributed by atoms with E-state index in [0.29, 0.717) is 5.89 Å². The number of hydrogen-bond donors (Lipinski definition) is 0. The van der Waals surface area contributed by atoms with Gasteiger partial charge in [-0.15, -0.1) is 0 Å². The Kier molecular flexibility index (Phi) is 3.61. The second-order valence-electron chi connectivity index (χ2n) is 4.54. The highest BCUT2D eigenvalue weighted by atomic mass is 32.2. The summed E-state index contributed by atoms with van der Waals surface area (Å²) in [7, 11) is 0. The standard InChI is InChI=1S/C17H15NOS/c1-3-12-8-9-13(10-14(12)11-20-2)17-18-15-6-4-5-7-16(15)19-17/h3-10H,1,11H2,2H3. The summed E-state index contributed by atoms with van der Waals surface area (Å²) in [4.78, 5) is 4.54. The Morgan fingerprint density at radius 3 is 2.85 bits per heavy atom. The summed E-state index contributed by atoms with van der Waals surface area (Å²) < 4.78 is 5.82. The van der Waals surface area contributed by atoms with Crippen molar-refractivity contribution < 1.29 is 4.42 Å². The van der Waals surface area contributed by atoms with E-state index >= 15 is 0 Å². The molecule has 0 unspecified atom stereocenters. The van der Waals surface area contributed by atoms with Crippen LogP contribution in [0.1, 0.15) is 11.1 Å². The molecule has 0 radical (unpaired) electrons. The molecule has 0 aliphatic heterocycles. The highest BCUT2D eigenvalue weighted by Crippen LogP contribution is 2.27. The number of oxazole rings is 1. The van der Waals surface area contributed by atoms with Crippen LogP contribution in [0.3, 0.4) is 0 Å². The highest BCUT2D eigenvalue weighted by molar-refractivity contribution is 7.97. The molecule has 0 fully saturated rings. The van der Waals surface area contributed by atoms with E-state index in [1.165, 1.54) is 11.1 Å². The molecule has 0 atom stereocenters. The molecular formula is C17H15NOS. The largest absolute Gasteiger partial charge is 0.436 e. The van der Waals surface area contributed by atoms with Crippen LogP contribution >= 0.6 is 11.8 Å². The van der Waals surface area contributed by atoms with E-state index in [9.17, 15) is 0 Å². The molecule has 1 aromatic heterocycles. The fraction of sp³-hybridized carbons (Fsp3) is 0.118. The van der Waals surface area contributed by atoms with Crippen LogP contribution in [0.5, 0.6) is 0 Å². The molecule has 1 heterocycles. The minimum Gasteiger partial charge on any atom is -0.436 e. The lowest BCUT2D eigenvalue weighted by Gasteiger charge is -2.06. The van der Waals surface area contributed by atoms with Crippen molar-refractivity contribution in [2.45, 2.75) is 5.75 Å². The number of fused-ring (bicyclic) bond motifs is 1. The molecule has 0 aliphatic carbocycles. The van der Waals surface area contributed by atoms with Gasteiger partial charge >= 0.3 is 0 Å². The highest BCUT2D eigenvalue weighted by Gasteiger charge is 2.09. The molecule has 0 aliphatic rings.